The van der Waals surface area contributed by atoms with E-state index in [1.807, 2.05) is 4.90 Å². The SMILES string of the molecule is O=C(c1ccc(Br)cc1F)N1CCCC(C(=O)N2CCOCC2)C1. The van der Waals surface area contributed by atoms with Gasteiger partial charge in [0.2, 0.25) is 5.91 Å². The first-order valence-corrected chi connectivity index (χ1v) is 8.96. The van der Waals surface area contributed by atoms with E-state index in [1.165, 1.54) is 12.1 Å². The molecule has 7 heteroatoms. The highest BCUT2D eigenvalue weighted by molar-refractivity contribution is 9.10. The van der Waals surface area contributed by atoms with Crippen molar-refractivity contribution in [2.75, 3.05) is 39.4 Å². The van der Waals surface area contributed by atoms with Crippen LogP contribution in [0.15, 0.2) is 22.7 Å². The molecule has 1 aromatic rings. The van der Waals surface area contributed by atoms with Crippen LogP contribution >= 0.6 is 15.9 Å². The average molecular weight is 399 g/mol. The maximum absolute atomic E-state index is 14.0. The zero-order chi connectivity index (χ0) is 17.1. The van der Waals surface area contributed by atoms with E-state index in [9.17, 15) is 14.0 Å². The molecule has 1 unspecified atom stereocenters. The second-order valence-electron chi connectivity index (χ2n) is 6.15. The lowest BCUT2D eigenvalue weighted by atomic mass is 9.95. The molecule has 3 rings (SSSR count). The highest BCUT2D eigenvalue weighted by Crippen LogP contribution is 2.23. The molecular weight excluding hydrogens is 379 g/mol. The Labute approximate surface area is 148 Å². The molecule has 2 heterocycles. The summed E-state index contributed by atoms with van der Waals surface area (Å²) in [5.41, 5.74) is 0.0534. The number of nitrogens with zero attached hydrogens (tertiary/aromatic N) is 2. The van der Waals surface area contributed by atoms with Crippen molar-refractivity contribution < 1.29 is 18.7 Å². The second-order valence-corrected chi connectivity index (χ2v) is 7.07. The summed E-state index contributed by atoms with van der Waals surface area (Å²) >= 11 is 3.19. The van der Waals surface area contributed by atoms with Gasteiger partial charge in [0.15, 0.2) is 0 Å². The molecule has 0 radical (unpaired) electrons. The largest absolute Gasteiger partial charge is 0.378 e. The fraction of sp³-hybridized carbons (Fsp3) is 0.529. The Morgan fingerprint density at radius 2 is 1.92 bits per heavy atom. The Morgan fingerprint density at radius 1 is 1.17 bits per heavy atom. The van der Waals surface area contributed by atoms with Gasteiger partial charge in [0.1, 0.15) is 5.82 Å². The maximum atomic E-state index is 14.0. The van der Waals surface area contributed by atoms with Crippen molar-refractivity contribution >= 4 is 27.7 Å². The van der Waals surface area contributed by atoms with Crippen LogP contribution in [0.3, 0.4) is 0 Å². The molecule has 2 saturated heterocycles. The van der Waals surface area contributed by atoms with Gasteiger partial charge in [-0.2, -0.15) is 0 Å². The molecule has 0 N–H and O–H groups in total. The van der Waals surface area contributed by atoms with E-state index in [1.54, 1.807) is 11.0 Å². The minimum atomic E-state index is -0.545. The first-order valence-electron chi connectivity index (χ1n) is 8.17. The number of morpholine rings is 1. The minimum absolute atomic E-state index is 0.0534. The third-order valence-electron chi connectivity index (χ3n) is 4.54. The van der Waals surface area contributed by atoms with Crippen molar-refractivity contribution in [3.63, 3.8) is 0 Å². The van der Waals surface area contributed by atoms with Gasteiger partial charge in [-0.3, -0.25) is 9.59 Å². The van der Waals surface area contributed by atoms with Gasteiger partial charge in [0.25, 0.3) is 5.91 Å². The number of carbonyl (C=O) groups excluding carboxylic acids is 2. The summed E-state index contributed by atoms with van der Waals surface area (Å²) in [4.78, 5) is 28.6. The zero-order valence-electron chi connectivity index (χ0n) is 13.3. The number of ether oxygens (including phenoxy) is 1. The third kappa shape index (κ3) is 3.78. The Balaban J connectivity index is 1.68. The van der Waals surface area contributed by atoms with E-state index in [2.05, 4.69) is 15.9 Å². The van der Waals surface area contributed by atoms with Crippen LogP contribution in [0, 0.1) is 11.7 Å². The van der Waals surface area contributed by atoms with Crippen LogP contribution in [0.2, 0.25) is 0 Å². The molecule has 2 aliphatic rings. The number of hydrogen-bond acceptors (Lipinski definition) is 3. The number of rotatable bonds is 2. The Hall–Kier alpha value is -1.47. The number of likely N-dealkylation sites (tertiary alicyclic amines) is 1. The van der Waals surface area contributed by atoms with E-state index in [-0.39, 0.29) is 23.3 Å². The fourth-order valence-corrected chi connectivity index (χ4v) is 3.57. The monoisotopic (exact) mass is 398 g/mol. The van der Waals surface area contributed by atoms with Crippen LogP contribution in [0.25, 0.3) is 0 Å². The van der Waals surface area contributed by atoms with Crippen molar-refractivity contribution in [1.82, 2.24) is 9.80 Å². The maximum Gasteiger partial charge on any atom is 0.256 e. The molecule has 2 fully saturated rings. The molecule has 0 aromatic heterocycles. The van der Waals surface area contributed by atoms with Crippen molar-refractivity contribution in [2.24, 2.45) is 5.92 Å². The van der Waals surface area contributed by atoms with E-state index in [0.717, 1.165) is 12.8 Å². The van der Waals surface area contributed by atoms with Crippen LogP contribution in [-0.4, -0.2) is 61.0 Å². The number of carbonyl (C=O) groups is 2. The normalized spacial score (nSPS) is 21.7. The lowest BCUT2D eigenvalue weighted by Crippen LogP contribution is -2.49. The fourth-order valence-electron chi connectivity index (χ4n) is 3.24. The summed E-state index contributed by atoms with van der Waals surface area (Å²) < 4.78 is 19.9. The Morgan fingerprint density at radius 3 is 2.62 bits per heavy atom. The molecule has 2 amide bonds. The molecule has 1 atom stereocenters. The minimum Gasteiger partial charge on any atom is -0.378 e. The standard InChI is InChI=1S/C17H20BrFN2O3/c18-13-3-4-14(15(19)10-13)17(23)21-5-1-2-12(11-21)16(22)20-6-8-24-9-7-20/h3-4,10,12H,1-2,5-9,11H2. The quantitative estimate of drug-likeness (QED) is 0.767. The number of piperidine rings is 1. The first kappa shape index (κ1) is 17.4. The van der Waals surface area contributed by atoms with Crippen LogP contribution in [0.4, 0.5) is 4.39 Å². The molecule has 0 aliphatic carbocycles. The summed E-state index contributed by atoms with van der Waals surface area (Å²) in [6.07, 6.45) is 1.52. The lowest BCUT2D eigenvalue weighted by molar-refractivity contribution is -0.141. The highest BCUT2D eigenvalue weighted by Gasteiger charge is 2.32. The summed E-state index contributed by atoms with van der Waals surface area (Å²) in [5, 5.41) is 0. The molecule has 0 bridgehead atoms. The predicted molar refractivity (Wildman–Crippen MR) is 90.1 cm³/mol. The molecule has 2 aliphatic heterocycles. The molecule has 130 valence electrons. The predicted octanol–water partition coefficient (Wildman–Crippen LogP) is 2.30. The van der Waals surface area contributed by atoms with Crippen molar-refractivity contribution in [3.8, 4) is 0 Å². The number of amides is 2. The topological polar surface area (TPSA) is 49.9 Å². The van der Waals surface area contributed by atoms with Gasteiger partial charge < -0.3 is 14.5 Å². The Bertz CT molecular complexity index is 634. The first-order chi connectivity index (χ1) is 11.6. The Kier molecular flexibility index (Phi) is 5.50. The summed E-state index contributed by atoms with van der Waals surface area (Å²) in [7, 11) is 0. The summed E-state index contributed by atoms with van der Waals surface area (Å²) in [6.45, 7) is 3.23. The molecule has 1 aromatic carbocycles. The molecule has 24 heavy (non-hydrogen) atoms. The lowest BCUT2D eigenvalue weighted by Gasteiger charge is -2.36. The van der Waals surface area contributed by atoms with Gasteiger partial charge in [0, 0.05) is 30.7 Å². The summed E-state index contributed by atoms with van der Waals surface area (Å²) in [5.74, 6) is -1.03. The van der Waals surface area contributed by atoms with E-state index < -0.39 is 5.82 Å². The zero-order valence-corrected chi connectivity index (χ0v) is 14.9. The van der Waals surface area contributed by atoms with E-state index in [0.29, 0.717) is 43.9 Å². The molecule has 5 nitrogen and oxygen atoms in total. The molecular formula is C17H20BrFN2O3. The number of halogens is 2. The van der Waals surface area contributed by atoms with Gasteiger partial charge >= 0.3 is 0 Å². The van der Waals surface area contributed by atoms with Crippen LogP contribution in [0.1, 0.15) is 23.2 Å². The molecule has 0 spiro atoms. The van der Waals surface area contributed by atoms with Crippen molar-refractivity contribution in [1.29, 1.82) is 0 Å². The number of hydrogen-bond donors (Lipinski definition) is 0. The van der Waals surface area contributed by atoms with Gasteiger partial charge in [-0.05, 0) is 31.0 Å². The highest BCUT2D eigenvalue weighted by atomic mass is 79.9. The van der Waals surface area contributed by atoms with Crippen LogP contribution in [0.5, 0.6) is 0 Å². The third-order valence-corrected chi connectivity index (χ3v) is 5.04. The van der Waals surface area contributed by atoms with Gasteiger partial charge in [-0.15, -0.1) is 0 Å². The van der Waals surface area contributed by atoms with Gasteiger partial charge in [0.05, 0.1) is 24.7 Å². The second kappa shape index (κ2) is 7.61. The van der Waals surface area contributed by atoms with Gasteiger partial charge in [-0.25, -0.2) is 4.39 Å². The van der Waals surface area contributed by atoms with Crippen LogP contribution in [-0.2, 0) is 9.53 Å². The van der Waals surface area contributed by atoms with E-state index in [4.69, 9.17) is 4.74 Å². The summed E-state index contributed by atoms with van der Waals surface area (Å²) in [6, 6.07) is 4.42. The van der Waals surface area contributed by atoms with E-state index >= 15 is 0 Å². The smallest absolute Gasteiger partial charge is 0.256 e. The van der Waals surface area contributed by atoms with Gasteiger partial charge in [-0.1, -0.05) is 15.9 Å². The number of benzene rings is 1. The van der Waals surface area contributed by atoms with Crippen LogP contribution < -0.4 is 0 Å². The van der Waals surface area contributed by atoms with Crippen molar-refractivity contribution in [2.45, 2.75) is 12.8 Å². The average Bonchev–Trinajstić information content (AvgIpc) is 2.61. The molecule has 0 saturated carbocycles. The van der Waals surface area contributed by atoms with Crippen molar-refractivity contribution in [3.05, 3.63) is 34.1 Å².